The molecule has 0 aromatic carbocycles. The maximum absolute atomic E-state index is 9.08. The van der Waals surface area contributed by atoms with Crippen molar-refractivity contribution in [3.8, 4) is 0 Å². The maximum Gasteiger partial charge on any atom is 0.184 e. The fraction of sp³-hybridized carbons (Fsp3) is 0.643. The second kappa shape index (κ2) is 7.59. The van der Waals surface area contributed by atoms with Crippen LogP contribution >= 0.6 is 0 Å². The SMILES string of the molecule is CCc1[nH+]c(C)c(C)c(N(C)C)c1CC.CS(=O)(=O)[O-]. The number of nitrogens with one attached hydrogen (secondary N) is 1. The Hall–Kier alpha value is -1.14. The van der Waals surface area contributed by atoms with Crippen LogP contribution in [0.5, 0.6) is 0 Å². The summed E-state index contributed by atoms with van der Waals surface area (Å²) in [6.07, 6.45) is 2.77. The van der Waals surface area contributed by atoms with E-state index in [9.17, 15) is 0 Å². The summed E-state index contributed by atoms with van der Waals surface area (Å²) in [6, 6.07) is 0. The molecule has 0 aliphatic heterocycles. The molecule has 6 heteroatoms. The van der Waals surface area contributed by atoms with Crippen molar-refractivity contribution in [2.24, 2.45) is 0 Å². The van der Waals surface area contributed by atoms with Crippen LogP contribution in [0.1, 0.15) is 36.4 Å². The molecule has 0 atom stereocenters. The van der Waals surface area contributed by atoms with Gasteiger partial charge < -0.3 is 9.45 Å². The Morgan fingerprint density at radius 2 is 1.60 bits per heavy atom. The third-order valence-electron chi connectivity index (χ3n) is 3.06. The zero-order valence-electron chi connectivity index (χ0n) is 13.5. The largest absolute Gasteiger partial charge is 0.748 e. The van der Waals surface area contributed by atoms with Crippen LogP contribution in [0.15, 0.2) is 0 Å². The van der Waals surface area contributed by atoms with Crippen molar-refractivity contribution in [2.45, 2.75) is 40.5 Å². The lowest BCUT2D eigenvalue weighted by atomic mass is 10.0. The van der Waals surface area contributed by atoms with E-state index in [2.05, 4.69) is 51.7 Å². The zero-order valence-corrected chi connectivity index (χ0v) is 14.3. The molecule has 0 fully saturated rings. The molecule has 1 aromatic rings. The molecule has 0 amide bonds. The van der Waals surface area contributed by atoms with Gasteiger partial charge >= 0.3 is 0 Å². The van der Waals surface area contributed by atoms with E-state index >= 15 is 0 Å². The molecule has 0 saturated carbocycles. The Kier molecular flexibility index (Phi) is 7.16. The Morgan fingerprint density at radius 1 is 1.15 bits per heavy atom. The van der Waals surface area contributed by atoms with Crippen LogP contribution in [0.3, 0.4) is 0 Å². The number of hydrogen-bond acceptors (Lipinski definition) is 4. The second-order valence-corrected chi connectivity index (χ2v) is 6.39. The number of aromatic nitrogens is 1. The van der Waals surface area contributed by atoms with E-state index in [1.165, 1.54) is 28.2 Å². The molecule has 0 unspecified atom stereocenters. The number of rotatable bonds is 3. The van der Waals surface area contributed by atoms with Crippen molar-refractivity contribution in [3.63, 3.8) is 0 Å². The first-order chi connectivity index (χ1) is 9.02. The van der Waals surface area contributed by atoms with Gasteiger partial charge in [-0.2, -0.15) is 0 Å². The molecule has 0 radical (unpaired) electrons. The van der Waals surface area contributed by atoms with E-state index in [1.807, 2.05) is 0 Å². The number of aromatic amines is 1. The summed E-state index contributed by atoms with van der Waals surface area (Å²) in [6.45, 7) is 8.78. The number of H-pyrrole nitrogens is 1. The minimum atomic E-state index is -3.92. The van der Waals surface area contributed by atoms with Crippen LogP contribution in [-0.4, -0.2) is 33.3 Å². The van der Waals surface area contributed by atoms with Crippen LogP contribution in [0.2, 0.25) is 0 Å². The van der Waals surface area contributed by atoms with Gasteiger partial charge in [0.1, 0.15) is 0 Å². The molecule has 1 N–H and O–H groups in total. The van der Waals surface area contributed by atoms with Gasteiger partial charge in [0, 0.05) is 44.8 Å². The standard InChI is InChI=1S/C13H22N2.CH4O3S/c1-7-11-12(8-2)14-10(4)9(3)13(11)15(5)6;1-5(2,3)4/h7-8H2,1-6H3;1H3,(H,2,3,4). The molecule has 5 nitrogen and oxygen atoms in total. The highest BCUT2D eigenvalue weighted by Crippen LogP contribution is 2.26. The highest BCUT2D eigenvalue weighted by atomic mass is 32.2. The van der Waals surface area contributed by atoms with Crippen LogP contribution < -0.4 is 9.88 Å². The second-order valence-electron chi connectivity index (χ2n) is 4.99. The summed E-state index contributed by atoms with van der Waals surface area (Å²) in [7, 11) is 0.334. The third-order valence-corrected chi connectivity index (χ3v) is 3.06. The average molecular weight is 302 g/mol. The van der Waals surface area contributed by atoms with Crippen molar-refractivity contribution in [2.75, 3.05) is 25.3 Å². The number of anilines is 1. The summed E-state index contributed by atoms with van der Waals surface area (Å²) in [4.78, 5) is 5.74. The summed E-state index contributed by atoms with van der Waals surface area (Å²) in [5, 5.41) is 0. The molecule has 0 saturated heterocycles. The van der Waals surface area contributed by atoms with Gasteiger partial charge in [-0.05, 0) is 13.3 Å². The Morgan fingerprint density at radius 3 is 1.90 bits per heavy atom. The van der Waals surface area contributed by atoms with E-state index in [0.29, 0.717) is 6.26 Å². The minimum Gasteiger partial charge on any atom is -0.748 e. The predicted octanol–water partition coefficient (Wildman–Crippen LogP) is 1.47. The molecule has 1 rings (SSSR count). The monoisotopic (exact) mass is 302 g/mol. The van der Waals surface area contributed by atoms with Crippen LogP contribution in [0.25, 0.3) is 0 Å². The number of hydrogen-bond donors (Lipinski definition) is 0. The van der Waals surface area contributed by atoms with Gasteiger partial charge in [-0.25, -0.2) is 13.4 Å². The Balaban J connectivity index is 0.000000621. The summed E-state index contributed by atoms with van der Waals surface area (Å²) in [5.41, 5.74) is 6.89. The van der Waals surface area contributed by atoms with Crippen molar-refractivity contribution in [3.05, 3.63) is 22.5 Å². The molecule has 116 valence electrons. The molecule has 20 heavy (non-hydrogen) atoms. The van der Waals surface area contributed by atoms with Crippen molar-refractivity contribution in [1.29, 1.82) is 0 Å². The van der Waals surface area contributed by atoms with Gasteiger partial charge in [0.2, 0.25) is 0 Å². The van der Waals surface area contributed by atoms with Crippen molar-refractivity contribution in [1.82, 2.24) is 0 Å². The van der Waals surface area contributed by atoms with Gasteiger partial charge in [0.25, 0.3) is 0 Å². The molecule has 1 heterocycles. The van der Waals surface area contributed by atoms with Gasteiger partial charge in [0.05, 0.1) is 15.8 Å². The lowest BCUT2D eigenvalue weighted by molar-refractivity contribution is -0.400. The van der Waals surface area contributed by atoms with Crippen LogP contribution in [0.4, 0.5) is 5.69 Å². The summed E-state index contributed by atoms with van der Waals surface area (Å²) < 4.78 is 27.2. The number of nitrogens with zero attached hydrogens (tertiary/aromatic N) is 1. The van der Waals surface area contributed by atoms with E-state index in [4.69, 9.17) is 13.0 Å². The molecule has 0 aliphatic carbocycles. The van der Waals surface area contributed by atoms with E-state index in [0.717, 1.165) is 12.8 Å². The topological polar surface area (TPSA) is 74.6 Å². The smallest absolute Gasteiger partial charge is 0.184 e. The highest BCUT2D eigenvalue weighted by Gasteiger charge is 2.19. The van der Waals surface area contributed by atoms with Crippen LogP contribution in [0, 0.1) is 13.8 Å². The van der Waals surface area contributed by atoms with Gasteiger partial charge in [0.15, 0.2) is 11.4 Å². The first kappa shape index (κ1) is 18.9. The van der Waals surface area contributed by atoms with Gasteiger partial charge in [-0.1, -0.05) is 13.8 Å². The average Bonchev–Trinajstić information content (AvgIpc) is 2.28. The Labute approximate surface area is 122 Å². The normalized spacial score (nSPS) is 10.8. The molecule has 0 aliphatic rings. The molecule has 1 aromatic heterocycles. The van der Waals surface area contributed by atoms with Gasteiger partial charge in [-0.3, -0.25) is 0 Å². The van der Waals surface area contributed by atoms with Crippen LogP contribution in [-0.2, 0) is 23.0 Å². The Bertz CT molecular complexity index is 544. The third kappa shape index (κ3) is 5.88. The summed E-state index contributed by atoms with van der Waals surface area (Å²) >= 11 is 0. The highest BCUT2D eigenvalue weighted by molar-refractivity contribution is 7.84. The first-order valence-electron chi connectivity index (χ1n) is 6.65. The van der Waals surface area contributed by atoms with Crippen molar-refractivity contribution >= 4 is 15.8 Å². The quantitative estimate of drug-likeness (QED) is 0.792. The predicted molar refractivity (Wildman–Crippen MR) is 81.2 cm³/mol. The minimum absolute atomic E-state index is 0.604. The van der Waals surface area contributed by atoms with E-state index < -0.39 is 10.1 Å². The lowest BCUT2D eigenvalue weighted by Crippen LogP contribution is -2.24. The lowest BCUT2D eigenvalue weighted by Gasteiger charge is -2.20. The molecular weight excluding hydrogens is 276 g/mol. The fourth-order valence-electron chi connectivity index (χ4n) is 2.23. The number of aryl methyl sites for hydroxylation is 2. The van der Waals surface area contributed by atoms with Crippen molar-refractivity contribution < 1.29 is 18.0 Å². The molecule has 0 bridgehead atoms. The van der Waals surface area contributed by atoms with E-state index in [-0.39, 0.29) is 0 Å². The van der Waals surface area contributed by atoms with E-state index in [1.54, 1.807) is 0 Å². The maximum atomic E-state index is 9.08. The summed E-state index contributed by atoms with van der Waals surface area (Å²) in [5.74, 6) is 0. The fourth-order valence-corrected chi connectivity index (χ4v) is 2.23. The molecular formula is C14H26N2O3S. The van der Waals surface area contributed by atoms with Gasteiger partial charge in [-0.15, -0.1) is 0 Å². The molecule has 0 spiro atoms. The zero-order chi connectivity index (χ0) is 16.1. The number of pyridine rings is 1. The first-order valence-corrected chi connectivity index (χ1v) is 8.46.